The molecule has 1 amide bonds. The summed E-state index contributed by atoms with van der Waals surface area (Å²) in [5.41, 5.74) is 2.27. The number of piperidine rings is 1. The first-order valence-electron chi connectivity index (χ1n) is 10.7. The van der Waals surface area contributed by atoms with Gasteiger partial charge in [-0.25, -0.2) is 4.79 Å². The number of hydrogen-bond acceptors (Lipinski definition) is 6. The first kappa shape index (κ1) is 21.2. The van der Waals surface area contributed by atoms with E-state index in [9.17, 15) is 9.90 Å². The first-order valence-corrected chi connectivity index (χ1v) is 10.7. The average molecular weight is 424 g/mol. The highest BCUT2D eigenvalue weighted by atomic mass is 16.6. The van der Waals surface area contributed by atoms with Gasteiger partial charge in [0.15, 0.2) is 0 Å². The smallest absolute Gasteiger partial charge is 0.409 e. The zero-order valence-corrected chi connectivity index (χ0v) is 18.0. The highest BCUT2D eigenvalue weighted by molar-refractivity contribution is 6.03. The molecule has 0 radical (unpaired) electrons. The van der Waals surface area contributed by atoms with Gasteiger partial charge in [-0.15, -0.1) is 0 Å². The van der Waals surface area contributed by atoms with Crippen molar-refractivity contribution < 1.29 is 19.4 Å². The molecule has 2 aliphatic heterocycles. The van der Waals surface area contributed by atoms with E-state index in [1.807, 2.05) is 37.3 Å². The topological polar surface area (TPSA) is 83.4 Å². The Morgan fingerprint density at radius 3 is 2.55 bits per heavy atom. The second kappa shape index (κ2) is 8.98. The molecule has 2 aromatic carbocycles. The van der Waals surface area contributed by atoms with E-state index >= 15 is 0 Å². The van der Waals surface area contributed by atoms with Crippen molar-refractivity contribution in [2.75, 3.05) is 26.8 Å². The van der Waals surface area contributed by atoms with Gasteiger partial charge in [0.25, 0.3) is 0 Å². The van der Waals surface area contributed by atoms with E-state index in [2.05, 4.69) is 17.4 Å². The molecule has 2 N–H and O–H groups in total. The molecule has 0 aliphatic carbocycles. The maximum absolute atomic E-state index is 12.1. The number of aromatic hydroxyl groups is 1. The van der Waals surface area contributed by atoms with Crippen molar-refractivity contribution in [2.45, 2.75) is 37.9 Å². The molecule has 164 valence electrons. The maximum atomic E-state index is 12.1. The minimum atomic E-state index is -0.497. The zero-order chi connectivity index (χ0) is 21.8. The van der Waals surface area contributed by atoms with Gasteiger partial charge in [0.2, 0.25) is 0 Å². The SMILES string of the molecule is CCOC(=O)N1CCC2(CC1)N=C(c1ccccc1O)CC(c1ccc(OC)cc1)N2. The monoisotopic (exact) mass is 423 g/mol. The lowest BCUT2D eigenvalue weighted by atomic mass is 9.87. The predicted molar refractivity (Wildman–Crippen MR) is 119 cm³/mol. The summed E-state index contributed by atoms with van der Waals surface area (Å²) in [5.74, 6) is 1.04. The molecule has 7 nitrogen and oxygen atoms in total. The number of likely N-dealkylation sites (tertiary alicyclic amines) is 1. The molecule has 31 heavy (non-hydrogen) atoms. The normalized spacial score (nSPS) is 20.3. The third-order valence-corrected chi connectivity index (χ3v) is 6.04. The summed E-state index contributed by atoms with van der Waals surface area (Å²) in [6, 6.07) is 15.4. The fourth-order valence-electron chi connectivity index (χ4n) is 4.36. The van der Waals surface area contributed by atoms with Gasteiger partial charge < -0.3 is 19.5 Å². The summed E-state index contributed by atoms with van der Waals surface area (Å²) in [7, 11) is 1.66. The second-order valence-electron chi connectivity index (χ2n) is 7.97. The Morgan fingerprint density at radius 2 is 1.90 bits per heavy atom. The number of amides is 1. The summed E-state index contributed by atoms with van der Waals surface area (Å²) in [6.45, 7) is 3.32. The number of methoxy groups -OCH3 is 1. The van der Waals surface area contributed by atoms with Gasteiger partial charge in [0.1, 0.15) is 17.2 Å². The minimum Gasteiger partial charge on any atom is -0.507 e. The summed E-state index contributed by atoms with van der Waals surface area (Å²) in [6.07, 6.45) is 1.74. The van der Waals surface area contributed by atoms with E-state index < -0.39 is 5.66 Å². The number of aliphatic imine (C=N–C) groups is 1. The number of benzene rings is 2. The Morgan fingerprint density at radius 1 is 1.19 bits per heavy atom. The molecule has 2 aromatic rings. The molecular formula is C24H29N3O4. The van der Waals surface area contributed by atoms with Crippen LogP contribution in [0.4, 0.5) is 4.79 Å². The summed E-state index contributed by atoms with van der Waals surface area (Å²) < 4.78 is 10.5. The Kier molecular flexibility index (Phi) is 6.13. The molecule has 0 saturated carbocycles. The van der Waals surface area contributed by atoms with Crippen LogP contribution in [0.15, 0.2) is 53.5 Å². The molecule has 7 heteroatoms. The number of hydrogen-bond donors (Lipinski definition) is 2. The number of ether oxygens (including phenoxy) is 2. The van der Waals surface area contributed by atoms with Crippen molar-refractivity contribution in [3.8, 4) is 11.5 Å². The number of carbonyl (C=O) groups excluding carboxylic acids is 1. The highest BCUT2D eigenvalue weighted by Gasteiger charge is 2.41. The van der Waals surface area contributed by atoms with E-state index in [1.165, 1.54) is 0 Å². The zero-order valence-electron chi connectivity index (χ0n) is 18.0. The molecule has 1 atom stereocenters. The van der Waals surface area contributed by atoms with Crippen molar-refractivity contribution in [1.29, 1.82) is 0 Å². The Hall–Kier alpha value is -3.06. The van der Waals surface area contributed by atoms with Crippen LogP contribution >= 0.6 is 0 Å². The van der Waals surface area contributed by atoms with Crippen molar-refractivity contribution >= 4 is 11.8 Å². The number of phenols is 1. The van der Waals surface area contributed by atoms with Crippen LogP contribution in [-0.4, -0.2) is 54.3 Å². The van der Waals surface area contributed by atoms with E-state index in [0.717, 1.165) is 22.6 Å². The Bertz CT molecular complexity index is 950. The fourth-order valence-corrected chi connectivity index (χ4v) is 4.36. The van der Waals surface area contributed by atoms with Crippen LogP contribution in [0.2, 0.25) is 0 Å². The maximum Gasteiger partial charge on any atom is 0.409 e. The molecule has 1 spiro atoms. The number of para-hydroxylation sites is 1. The van der Waals surface area contributed by atoms with E-state index in [-0.39, 0.29) is 17.9 Å². The van der Waals surface area contributed by atoms with Crippen molar-refractivity contribution in [3.63, 3.8) is 0 Å². The van der Waals surface area contributed by atoms with E-state index in [1.54, 1.807) is 18.1 Å². The Balaban J connectivity index is 1.64. The molecule has 1 saturated heterocycles. The van der Waals surface area contributed by atoms with Crippen LogP contribution in [0.5, 0.6) is 11.5 Å². The van der Waals surface area contributed by atoms with Crippen LogP contribution in [-0.2, 0) is 4.74 Å². The predicted octanol–water partition coefficient (Wildman–Crippen LogP) is 3.87. The standard InChI is InChI=1S/C24H29N3O4/c1-3-31-23(29)27-14-12-24(13-15-27)25-20(17-8-10-18(30-2)11-9-17)16-21(26-24)19-6-4-5-7-22(19)28/h4-11,20,25,28H,3,12-16H2,1-2H3. The highest BCUT2D eigenvalue weighted by Crippen LogP contribution is 2.36. The number of nitrogens with one attached hydrogen (secondary N) is 1. The van der Waals surface area contributed by atoms with Crippen molar-refractivity contribution in [1.82, 2.24) is 10.2 Å². The third kappa shape index (κ3) is 4.51. The quantitative estimate of drug-likeness (QED) is 0.780. The lowest BCUT2D eigenvalue weighted by Gasteiger charge is -2.45. The molecule has 2 aliphatic rings. The molecule has 1 unspecified atom stereocenters. The average Bonchev–Trinajstić information content (AvgIpc) is 2.80. The van der Waals surface area contributed by atoms with Crippen LogP contribution in [0.1, 0.15) is 43.4 Å². The van der Waals surface area contributed by atoms with Gasteiger partial charge in [-0.05, 0) is 36.8 Å². The molecule has 1 fully saturated rings. The summed E-state index contributed by atoms with van der Waals surface area (Å²) >= 11 is 0. The van der Waals surface area contributed by atoms with Gasteiger partial charge in [0.05, 0.1) is 13.7 Å². The van der Waals surface area contributed by atoms with Gasteiger partial charge in [-0.2, -0.15) is 0 Å². The van der Waals surface area contributed by atoms with Gasteiger partial charge in [0, 0.05) is 49.7 Å². The molecule has 0 aromatic heterocycles. The van der Waals surface area contributed by atoms with E-state index in [4.69, 9.17) is 14.5 Å². The second-order valence-corrected chi connectivity index (χ2v) is 7.97. The van der Waals surface area contributed by atoms with Crippen molar-refractivity contribution in [2.24, 2.45) is 4.99 Å². The van der Waals surface area contributed by atoms with E-state index in [0.29, 0.717) is 39.0 Å². The molecular weight excluding hydrogens is 394 g/mol. The van der Waals surface area contributed by atoms with Crippen LogP contribution in [0.25, 0.3) is 0 Å². The summed E-state index contributed by atoms with van der Waals surface area (Å²) in [5, 5.41) is 14.2. The van der Waals surface area contributed by atoms with Crippen LogP contribution in [0, 0.1) is 0 Å². The lowest BCUT2D eigenvalue weighted by Crippen LogP contribution is -2.56. The molecule has 2 heterocycles. The molecule has 4 rings (SSSR count). The number of carbonyl (C=O) groups is 1. The molecule has 0 bridgehead atoms. The third-order valence-electron chi connectivity index (χ3n) is 6.04. The van der Waals surface area contributed by atoms with Crippen molar-refractivity contribution in [3.05, 3.63) is 59.7 Å². The number of phenolic OH excluding ortho intramolecular Hbond substituents is 1. The van der Waals surface area contributed by atoms with Crippen LogP contribution in [0.3, 0.4) is 0 Å². The number of nitrogens with zero attached hydrogens (tertiary/aromatic N) is 2. The van der Waals surface area contributed by atoms with Crippen LogP contribution < -0.4 is 10.1 Å². The first-order chi connectivity index (χ1) is 15.0. The summed E-state index contributed by atoms with van der Waals surface area (Å²) in [4.78, 5) is 19.0. The minimum absolute atomic E-state index is 0.0344. The van der Waals surface area contributed by atoms with Gasteiger partial charge >= 0.3 is 6.09 Å². The number of rotatable bonds is 4. The largest absolute Gasteiger partial charge is 0.507 e. The van der Waals surface area contributed by atoms with Gasteiger partial charge in [-0.1, -0.05) is 24.3 Å². The lowest BCUT2D eigenvalue weighted by molar-refractivity contribution is 0.0779. The fraction of sp³-hybridized carbons (Fsp3) is 0.417. The Labute approximate surface area is 182 Å². The van der Waals surface area contributed by atoms with Gasteiger partial charge in [-0.3, -0.25) is 10.3 Å².